The maximum atomic E-state index is 6.15. The van der Waals surface area contributed by atoms with Crippen molar-refractivity contribution < 1.29 is 0 Å². The zero-order valence-corrected chi connectivity index (χ0v) is 10.2. The molecule has 0 radical (unpaired) electrons. The van der Waals surface area contributed by atoms with Crippen molar-refractivity contribution in [3.63, 3.8) is 0 Å². The lowest BCUT2D eigenvalue weighted by Gasteiger charge is -2.29. The van der Waals surface area contributed by atoms with Gasteiger partial charge in [0.05, 0.1) is 0 Å². The Labute approximate surface area is 101 Å². The largest absolute Gasteiger partial charge is 0.382 e. The zero-order valence-electron chi connectivity index (χ0n) is 9.49. The number of aromatic nitrogens is 2. The van der Waals surface area contributed by atoms with Gasteiger partial charge in [-0.2, -0.15) is 0 Å². The summed E-state index contributed by atoms with van der Waals surface area (Å²) in [6.07, 6.45) is 6.50. The number of rotatable bonds is 3. The van der Waals surface area contributed by atoms with Gasteiger partial charge in [0.15, 0.2) is 5.82 Å². The van der Waals surface area contributed by atoms with Crippen LogP contribution in [-0.2, 0) is 0 Å². The van der Waals surface area contributed by atoms with Crippen molar-refractivity contribution in [3.8, 4) is 0 Å². The van der Waals surface area contributed by atoms with Crippen LogP contribution in [0, 0.1) is 0 Å². The van der Waals surface area contributed by atoms with E-state index in [0.717, 1.165) is 12.4 Å². The second-order valence-corrected chi connectivity index (χ2v) is 4.50. The molecule has 0 saturated heterocycles. The lowest BCUT2D eigenvalue weighted by molar-refractivity contribution is 0.612. The summed E-state index contributed by atoms with van der Waals surface area (Å²) in [5.41, 5.74) is 5.70. The molecule has 5 heteroatoms. The Morgan fingerprint density at radius 1 is 1.44 bits per heavy atom. The maximum absolute atomic E-state index is 6.15. The van der Waals surface area contributed by atoms with E-state index >= 15 is 0 Å². The van der Waals surface area contributed by atoms with Crippen LogP contribution >= 0.6 is 11.6 Å². The fourth-order valence-electron chi connectivity index (χ4n) is 2.37. The highest BCUT2D eigenvalue weighted by molar-refractivity contribution is 6.35. The first-order chi connectivity index (χ1) is 7.74. The van der Waals surface area contributed by atoms with Gasteiger partial charge in [-0.25, -0.2) is 9.97 Å². The molecule has 0 bridgehead atoms. The Balaban J connectivity index is 2.28. The lowest BCUT2D eigenvalue weighted by Crippen LogP contribution is -2.34. The molecule has 2 N–H and O–H groups in total. The van der Waals surface area contributed by atoms with Crippen LogP contribution in [0.1, 0.15) is 32.6 Å². The van der Waals surface area contributed by atoms with E-state index in [1.165, 1.54) is 32.0 Å². The molecule has 0 atom stereocenters. The van der Waals surface area contributed by atoms with Gasteiger partial charge in [0.2, 0.25) is 0 Å². The van der Waals surface area contributed by atoms with Crippen LogP contribution in [0.25, 0.3) is 0 Å². The van der Waals surface area contributed by atoms with Gasteiger partial charge < -0.3 is 10.6 Å². The molecule has 16 heavy (non-hydrogen) atoms. The summed E-state index contributed by atoms with van der Waals surface area (Å²) in [5, 5.41) is 0.483. The van der Waals surface area contributed by atoms with Gasteiger partial charge in [-0.1, -0.05) is 24.4 Å². The normalized spacial score (nSPS) is 16.6. The number of halogens is 1. The van der Waals surface area contributed by atoms with Gasteiger partial charge in [0.25, 0.3) is 0 Å². The van der Waals surface area contributed by atoms with Crippen molar-refractivity contribution >= 4 is 23.2 Å². The van der Waals surface area contributed by atoms with Gasteiger partial charge in [-0.3, -0.25) is 0 Å². The van der Waals surface area contributed by atoms with E-state index in [1.807, 2.05) is 0 Å². The quantitative estimate of drug-likeness (QED) is 0.882. The number of hydrogen-bond donors (Lipinski definition) is 1. The molecule has 1 aliphatic rings. The highest BCUT2D eigenvalue weighted by atomic mass is 35.5. The molecule has 1 heterocycles. The zero-order chi connectivity index (χ0) is 11.5. The molecule has 0 amide bonds. The van der Waals surface area contributed by atoms with Crippen LogP contribution in [0.2, 0.25) is 5.02 Å². The predicted octanol–water partition coefficient (Wildman–Crippen LogP) is 2.48. The Morgan fingerprint density at radius 2 is 2.12 bits per heavy atom. The first-order valence-electron chi connectivity index (χ1n) is 5.76. The third-order valence-electron chi connectivity index (χ3n) is 3.18. The van der Waals surface area contributed by atoms with Crippen molar-refractivity contribution in [1.29, 1.82) is 0 Å². The summed E-state index contributed by atoms with van der Waals surface area (Å²) in [4.78, 5) is 10.4. The molecule has 0 unspecified atom stereocenters. The number of anilines is 2. The minimum Gasteiger partial charge on any atom is -0.382 e. The van der Waals surface area contributed by atoms with Crippen molar-refractivity contribution in [2.24, 2.45) is 0 Å². The summed E-state index contributed by atoms with van der Waals surface area (Å²) in [7, 11) is 0. The number of nitrogens with two attached hydrogens (primary N) is 1. The van der Waals surface area contributed by atoms with E-state index in [1.54, 1.807) is 0 Å². The van der Waals surface area contributed by atoms with Gasteiger partial charge in [-0.15, -0.1) is 0 Å². The van der Waals surface area contributed by atoms with Crippen molar-refractivity contribution in [1.82, 2.24) is 9.97 Å². The maximum Gasteiger partial charge on any atom is 0.153 e. The summed E-state index contributed by atoms with van der Waals surface area (Å²) in [5.74, 6) is 1.15. The van der Waals surface area contributed by atoms with E-state index in [4.69, 9.17) is 17.3 Å². The molecule has 1 aliphatic carbocycles. The van der Waals surface area contributed by atoms with E-state index in [0.29, 0.717) is 16.9 Å². The van der Waals surface area contributed by atoms with Crippen LogP contribution in [0.3, 0.4) is 0 Å². The first kappa shape index (κ1) is 11.5. The number of hydrogen-bond acceptors (Lipinski definition) is 4. The molecule has 88 valence electrons. The molecule has 0 aliphatic heterocycles. The average molecular weight is 241 g/mol. The highest BCUT2D eigenvalue weighted by Gasteiger charge is 2.24. The second-order valence-electron chi connectivity index (χ2n) is 4.12. The van der Waals surface area contributed by atoms with Crippen molar-refractivity contribution in [3.05, 3.63) is 11.3 Å². The highest BCUT2D eigenvalue weighted by Crippen LogP contribution is 2.32. The average Bonchev–Trinajstić information content (AvgIpc) is 2.79. The summed E-state index contributed by atoms with van der Waals surface area (Å²) in [6.45, 7) is 3.02. The minimum atomic E-state index is 0.364. The SMILES string of the molecule is CCN(c1ncnc(N)c1Cl)C1CCCC1. The van der Waals surface area contributed by atoms with Crippen molar-refractivity contribution in [2.75, 3.05) is 17.2 Å². The van der Waals surface area contributed by atoms with Crippen LogP contribution in [0.5, 0.6) is 0 Å². The van der Waals surface area contributed by atoms with Crippen LogP contribution in [0.15, 0.2) is 6.33 Å². The molecule has 2 rings (SSSR count). The van der Waals surface area contributed by atoms with E-state index in [-0.39, 0.29) is 0 Å². The van der Waals surface area contributed by atoms with Gasteiger partial charge in [0.1, 0.15) is 17.2 Å². The molecule has 0 spiro atoms. The smallest absolute Gasteiger partial charge is 0.153 e. The Bertz CT molecular complexity index is 363. The molecule has 1 saturated carbocycles. The van der Waals surface area contributed by atoms with Crippen LogP contribution in [0.4, 0.5) is 11.6 Å². The Kier molecular flexibility index (Phi) is 3.49. The molecule has 4 nitrogen and oxygen atoms in total. The van der Waals surface area contributed by atoms with Gasteiger partial charge >= 0.3 is 0 Å². The third-order valence-corrected chi connectivity index (χ3v) is 3.54. The summed E-state index contributed by atoms with van der Waals surface area (Å²) in [6, 6.07) is 0.553. The topological polar surface area (TPSA) is 55.0 Å². The number of nitrogens with zero attached hydrogens (tertiary/aromatic N) is 3. The summed E-state index contributed by atoms with van der Waals surface area (Å²) < 4.78 is 0. The second kappa shape index (κ2) is 4.87. The minimum absolute atomic E-state index is 0.364. The van der Waals surface area contributed by atoms with Crippen LogP contribution in [-0.4, -0.2) is 22.6 Å². The monoisotopic (exact) mass is 240 g/mol. The Hall–Kier alpha value is -1.03. The molecule has 0 aromatic carbocycles. The molecular formula is C11H17ClN4. The summed E-state index contributed by atoms with van der Waals surface area (Å²) >= 11 is 6.15. The molecule has 1 aromatic rings. The predicted molar refractivity (Wildman–Crippen MR) is 66.7 cm³/mol. The third kappa shape index (κ3) is 2.07. The van der Waals surface area contributed by atoms with E-state index in [9.17, 15) is 0 Å². The number of nitrogen functional groups attached to an aromatic ring is 1. The standard InChI is InChI=1S/C11H17ClN4/c1-2-16(8-5-3-4-6-8)11-9(12)10(13)14-7-15-11/h7-8H,2-6H2,1H3,(H2,13,14,15). The van der Waals surface area contributed by atoms with Crippen molar-refractivity contribution in [2.45, 2.75) is 38.6 Å². The van der Waals surface area contributed by atoms with Gasteiger partial charge in [0, 0.05) is 12.6 Å². The first-order valence-corrected chi connectivity index (χ1v) is 6.14. The molecular weight excluding hydrogens is 224 g/mol. The Morgan fingerprint density at radius 3 is 2.75 bits per heavy atom. The fourth-order valence-corrected chi connectivity index (χ4v) is 2.58. The van der Waals surface area contributed by atoms with Crippen LogP contribution < -0.4 is 10.6 Å². The molecule has 1 fully saturated rings. The van der Waals surface area contributed by atoms with E-state index < -0.39 is 0 Å². The fraction of sp³-hybridized carbons (Fsp3) is 0.636. The van der Waals surface area contributed by atoms with E-state index in [2.05, 4.69) is 21.8 Å². The molecule has 1 aromatic heterocycles. The van der Waals surface area contributed by atoms with Gasteiger partial charge in [-0.05, 0) is 19.8 Å². The lowest BCUT2D eigenvalue weighted by atomic mass is 10.2.